The van der Waals surface area contributed by atoms with Crippen LogP contribution in [-0.2, 0) is 20.9 Å². The highest BCUT2D eigenvalue weighted by Crippen LogP contribution is 2.11. The van der Waals surface area contributed by atoms with Gasteiger partial charge in [0.1, 0.15) is 12.6 Å². The quantitative estimate of drug-likeness (QED) is 0.233. The number of benzene rings is 1. The summed E-state index contributed by atoms with van der Waals surface area (Å²) in [6, 6.07) is 8.52. The van der Waals surface area contributed by atoms with Crippen molar-refractivity contribution < 1.29 is 24.2 Å². The molecule has 2 amide bonds. The number of hydrogen-bond acceptors (Lipinski definition) is 4. The van der Waals surface area contributed by atoms with Gasteiger partial charge in [-0.1, -0.05) is 88.6 Å². The second-order valence-corrected chi connectivity index (χ2v) is 8.52. The van der Waals surface area contributed by atoms with Crippen molar-refractivity contribution in [3.63, 3.8) is 0 Å². The molecule has 1 atom stereocenters. The van der Waals surface area contributed by atoms with Gasteiger partial charge in [-0.3, -0.25) is 4.79 Å². The van der Waals surface area contributed by atoms with Crippen molar-refractivity contribution in [2.24, 2.45) is 0 Å². The van der Waals surface area contributed by atoms with Gasteiger partial charge < -0.3 is 20.5 Å². The molecule has 0 unspecified atom stereocenters. The molecule has 1 aromatic carbocycles. The molecule has 7 nitrogen and oxygen atoms in total. The number of rotatable bonds is 19. The predicted octanol–water partition coefficient (Wildman–Crippen LogP) is 5.57. The number of hydrogen-bond donors (Lipinski definition) is 3. The number of amides is 2. The lowest BCUT2D eigenvalue weighted by molar-refractivity contribution is -0.142. The molecule has 0 aliphatic rings. The zero-order valence-corrected chi connectivity index (χ0v) is 20.2. The molecular formula is C26H42N2O5. The van der Waals surface area contributed by atoms with Gasteiger partial charge in [0.05, 0.1) is 0 Å². The molecule has 0 saturated heterocycles. The molecule has 7 heteroatoms. The Labute approximate surface area is 198 Å². The second kappa shape index (κ2) is 18.9. The maximum Gasteiger partial charge on any atom is 0.407 e. The van der Waals surface area contributed by atoms with Gasteiger partial charge in [-0.15, -0.1) is 0 Å². The molecule has 0 spiro atoms. The third-order valence-corrected chi connectivity index (χ3v) is 5.54. The van der Waals surface area contributed by atoms with Gasteiger partial charge in [-0.2, -0.15) is 0 Å². The Morgan fingerprint density at radius 1 is 0.879 bits per heavy atom. The first-order valence-corrected chi connectivity index (χ1v) is 12.5. The van der Waals surface area contributed by atoms with E-state index >= 15 is 0 Å². The van der Waals surface area contributed by atoms with E-state index in [4.69, 9.17) is 4.74 Å². The fraction of sp³-hybridized carbons (Fsp3) is 0.654. The van der Waals surface area contributed by atoms with E-state index < -0.39 is 18.1 Å². The van der Waals surface area contributed by atoms with E-state index in [0.29, 0.717) is 32.2 Å². The molecule has 1 rings (SSSR count). The van der Waals surface area contributed by atoms with Crippen LogP contribution in [0.5, 0.6) is 0 Å². The lowest BCUT2D eigenvalue weighted by Crippen LogP contribution is -2.40. The number of ether oxygens (including phenoxy) is 1. The summed E-state index contributed by atoms with van der Waals surface area (Å²) in [4.78, 5) is 35.2. The van der Waals surface area contributed by atoms with Crippen LogP contribution >= 0.6 is 0 Å². The van der Waals surface area contributed by atoms with E-state index in [2.05, 4.69) is 17.6 Å². The Hall–Kier alpha value is -2.57. The van der Waals surface area contributed by atoms with Crippen molar-refractivity contribution in [1.29, 1.82) is 0 Å². The summed E-state index contributed by atoms with van der Waals surface area (Å²) in [6.07, 6.45) is 11.9. The minimum atomic E-state index is -1.02. The highest BCUT2D eigenvalue weighted by molar-refractivity contribution is 5.83. The molecule has 0 radical (unpaired) electrons. The number of carboxylic acids is 1. The fourth-order valence-corrected chi connectivity index (χ4v) is 3.56. The van der Waals surface area contributed by atoms with Gasteiger partial charge in [0.2, 0.25) is 5.91 Å². The normalized spacial score (nSPS) is 11.5. The van der Waals surface area contributed by atoms with Crippen molar-refractivity contribution in [1.82, 2.24) is 10.6 Å². The molecule has 0 aliphatic carbocycles. The Kier molecular flexibility index (Phi) is 16.3. The largest absolute Gasteiger partial charge is 0.480 e. The summed E-state index contributed by atoms with van der Waals surface area (Å²) >= 11 is 0. The number of carbonyl (C=O) groups is 3. The smallest absolute Gasteiger partial charge is 0.407 e. The average Bonchev–Trinajstić information content (AvgIpc) is 2.81. The molecule has 33 heavy (non-hydrogen) atoms. The van der Waals surface area contributed by atoms with Crippen molar-refractivity contribution in [2.45, 2.75) is 103 Å². The zero-order valence-electron chi connectivity index (χ0n) is 20.2. The van der Waals surface area contributed by atoms with E-state index in [-0.39, 0.29) is 12.5 Å². The Morgan fingerprint density at radius 2 is 1.52 bits per heavy atom. The van der Waals surface area contributed by atoms with Crippen LogP contribution in [0.1, 0.15) is 96.0 Å². The van der Waals surface area contributed by atoms with E-state index in [0.717, 1.165) is 24.8 Å². The average molecular weight is 463 g/mol. The molecule has 0 saturated carbocycles. The summed E-state index contributed by atoms with van der Waals surface area (Å²) in [5.74, 6) is -1.22. The third kappa shape index (κ3) is 15.8. The van der Waals surface area contributed by atoms with Crippen LogP contribution < -0.4 is 10.6 Å². The Bertz CT molecular complexity index is 666. The Balaban J connectivity index is 2.07. The van der Waals surface area contributed by atoms with Crippen LogP contribution in [0.4, 0.5) is 4.79 Å². The summed E-state index contributed by atoms with van der Waals surface area (Å²) in [6.45, 7) is 2.81. The second-order valence-electron chi connectivity index (χ2n) is 8.52. The predicted molar refractivity (Wildman–Crippen MR) is 130 cm³/mol. The standard InChI is InChI=1S/C26H42N2O5/c1-2-3-4-5-6-7-8-9-13-19-24(29)28-23(25(30)31)18-14-15-20-27-26(32)33-21-22-16-11-10-12-17-22/h10-12,16-17,23H,2-9,13-15,18-21H2,1H3,(H,27,32)(H,28,29)(H,30,31)/t23-/m0/s1. The van der Waals surface area contributed by atoms with Crippen molar-refractivity contribution in [2.75, 3.05) is 6.54 Å². The topological polar surface area (TPSA) is 105 Å². The molecular weight excluding hydrogens is 420 g/mol. The summed E-state index contributed by atoms with van der Waals surface area (Å²) < 4.78 is 5.13. The van der Waals surface area contributed by atoms with Gasteiger partial charge in [0.25, 0.3) is 0 Å². The maximum atomic E-state index is 12.1. The highest BCUT2D eigenvalue weighted by atomic mass is 16.5. The Morgan fingerprint density at radius 3 is 2.15 bits per heavy atom. The molecule has 0 fully saturated rings. The molecule has 0 aliphatic heterocycles. The van der Waals surface area contributed by atoms with Gasteiger partial charge in [-0.05, 0) is 31.2 Å². The van der Waals surface area contributed by atoms with Crippen LogP contribution in [0.2, 0.25) is 0 Å². The highest BCUT2D eigenvalue weighted by Gasteiger charge is 2.19. The lowest BCUT2D eigenvalue weighted by Gasteiger charge is -2.14. The monoisotopic (exact) mass is 462 g/mol. The minimum Gasteiger partial charge on any atom is -0.480 e. The van der Waals surface area contributed by atoms with Crippen molar-refractivity contribution in [3.05, 3.63) is 35.9 Å². The van der Waals surface area contributed by atoms with Crippen LogP contribution in [-0.4, -0.2) is 35.7 Å². The number of unbranched alkanes of at least 4 members (excludes halogenated alkanes) is 9. The van der Waals surface area contributed by atoms with Crippen molar-refractivity contribution >= 4 is 18.0 Å². The number of aliphatic carboxylic acids is 1. The number of carboxylic acid groups (broad SMARTS) is 1. The molecule has 186 valence electrons. The fourth-order valence-electron chi connectivity index (χ4n) is 3.56. The molecule has 3 N–H and O–H groups in total. The third-order valence-electron chi connectivity index (χ3n) is 5.54. The first-order valence-electron chi connectivity index (χ1n) is 12.5. The number of carbonyl (C=O) groups excluding carboxylic acids is 2. The maximum absolute atomic E-state index is 12.1. The number of alkyl carbamates (subject to hydrolysis) is 1. The first kappa shape index (κ1) is 28.5. The first-order chi connectivity index (χ1) is 16.0. The summed E-state index contributed by atoms with van der Waals surface area (Å²) in [5.41, 5.74) is 0.912. The molecule has 1 aromatic rings. The summed E-state index contributed by atoms with van der Waals surface area (Å²) in [7, 11) is 0. The zero-order chi connectivity index (χ0) is 24.2. The van der Waals surface area contributed by atoms with E-state index in [9.17, 15) is 19.5 Å². The van der Waals surface area contributed by atoms with Gasteiger partial charge in [0, 0.05) is 13.0 Å². The minimum absolute atomic E-state index is 0.201. The molecule has 0 aromatic heterocycles. The van der Waals surface area contributed by atoms with Crippen LogP contribution in [0.3, 0.4) is 0 Å². The SMILES string of the molecule is CCCCCCCCCCCC(=O)N[C@@H](CCCCNC(=O)OCc1ccccc1)C(=O)O. The molecule has 0 heterocycles. The van der Waals surface area contributed by atoms with E-state index in [1.54, 1.807) is 0 Å². The van der Waals surface area contributed by atoms with Gasteiger partial charge in [-0.25, -0.2) is 9.59 Å². The van der Waals surface area contributed by atoms with Crippen LogP contribution in [0.25, 0.3) is 0 Å². The van der Waals surface area contributed by atoms with E-state index in [1.165, 1.54) is 38.5 Å². The van der Waals surface area contributed by atoms with Gasteiger partial charge in [0.15, 0.2) is 0 Å². The number of nitrogens with one attached hydrogen (secondary N) is 2. The summed E-state index contributed by atoms with van der Waals surface area (Å²) in [5, 5.41) is 14.7. The lowest BCUT2D eigenvalue weighted by atomic mass is 10.1. The van der Waals surface area contributed by atoms with E-state index in [1.807, 2.05) is 30.3 Å². The molecule has 0 bridgehead atoms. The van der Waals surface area contributed by atoms with Crippen LogP contribution in [0.15, 0.2) is 30.3 Å². The van der Waals surface area contributed by atoms with Crippen LogP contribution in [0, 0.1) is 0 Å². The van der Waals surface area contributed by atoms with Gasteiger partial charge >= 0.3 is 12.1 Å². The van der Waals surface area contributed by atoms with Crippen molar-refractivity contribution in [3.8, 4) is 0 Å².